The molecule has 0 aromatic rings. The number of esters is 1. The molecule has 3 saturated carbocycles. The van der Waals surface area contributed by atoms with Crippen LogP contribution in [0.2, 0.25) is 0 Å². The normalized spacial score (nSPS) is 47.5. The maximum atomic E-state index is 11.3. The Bertz CT molecular complexity index is 636. The number of allylic oxidation sites excluding steroid dienone is 2. The van der Waals surface area contributed by atoms with Crippen molar-refractivity contribution < 1.29 is 9.53 Å². The van der Waals surface area contributed by atoms with E-state index in [1.54, 1.807) is 5.57 Å². The van der Waals surface area contributed by atoms with Crippen molar-refractivity contribution in [1.82, 2.24) is 0 Å². The number of fused-ring (bicyclic) bond motifs is 5. The molecule has 0 heterocycles. The Morgan fingerprint density at radius 1 is 1.20 bits per heavy atom. The third-order valence-corrected chi connectivity index (χ3v) is 8.63. The molecule has 0 saturated heterocycles. The molecule has 3 fully saturated rings. The van der Waals surface area contributed by atoms with Gasteiger partial charge in [-0.05, 0) is 73.5 Å². The van der Waals surface area contributed by atoms with Crippen molar-refractivity contribution in [2.24, 2.45) is 28.6 Å². The zero-order valence-electron chi connectivity index (χ0n) is 15.8. The van der Waals surface area contributed by atoms with Gasteiger partial charge in [0.25, 0.3) is 0 Å². The molecule has 0 aromatic heterocycles. The fraction of sp³-hybridized carbons (Fsp3) is 0.773. The smallest absolute Gasteiger partial charge is 0.302 e. The molecule has 0 bridgehead atoms. The second kappa shape index (κ2) is 6.15. The van der Waals surface area contributed by atoms with Crippen molar-refractivity contribution in [2.45, 2.75) is 78.2 Å². The van der Waals surface area contributed by atoms with Crippen molar-refractivity contribution in [3.05, 3.63) is 22.8 Å². The summed E-state index contributed by atoms with van der Waals surface area (Å²) in [6.45, 7) is 6.49. The summed E-state index contributed by atoms with van der Waals surface area (Å²) in [5.74, 6) is 2.24. The van der Waals surface area contributed by atoms with Crippen LogP contribution in [-0.2, 0) is 9.53 Å². The summed E-state index contributed by atoms with van der Waals surface area (Å²) in [5.41, 5.74) is 5.60. The molecule has 0 N–H and O–H groups in total. The van der Waals surface area contributed by atoms with Crippen LogP contribution in [0.5, 0.6) is 0 Å². The Balaban J connectivity index is 1.60. The monoisotopic (exact) mass is 362 g/mol. The van der Waals surface area contributed by atoms with E-state index in [0.29, 0.717) is 10.8 Å². The lowest BCUT2D eigenvalue weighted by atomic mass is 9.48. The number of halogens is 1. The van der Waals surface area contributed by atoms with E-state index in [2.05, 4.69) is 19.9 Å². The molecule has 4 aliphatic carbocycles. The van der Waals surface area contributed by atoms with Crippen molar-refractivity contribution in [2.75, 3.05) is 0 Å². The lowest BCUT2D eigenvalue weighted by molar-refractivity contribution is -0.148. The highest BCUT2D eigenvalue weighted by atomic mass is 35.5. The van der Waals surface area contributed by atoms with Crippen molar-refractivity contribution >= 4 is 17.6 Å². The Morgan fingerprint density at radius 2 is 1.92 bits per heavy atom. The molecule has 138 valence electrons. The molecule has 0 radical (unpaired) electrons. The van der Waals surface area contributed by atoms with Crippen LogP contribution in [0.15, 0.2) is 22.8 Å². The lowest BCUT2D eigenvalue weighted by Gasteiger charge is -2.57. The van der Waals surface area contributed by atoms with Gasteiger partial charge < -0.3 is 4.74 Å². The SMILES string of the molecule is CC(=O)OC1CC[C@@]2(C)C(=CC[C@H]3C4CC/C(=C/Cl)[C@@]4(C)CC[C@@H]32)C1. The zero-order chi connectivity index (χ0) is 17.8. The summed E-state index contributed by atoms with van der Waals surface area (Å²) in [5, 5.41) is 0. The zero-order valence-corrected chi connectivity index (χ0v) is 16.6. The van der Waals surface area contributed by atoms with E-state index in [9.17, 15) is 4.79 Å². The standard InChI is InChI=1S/C22H31ClO2/c1-14(24)25-17-8-10-21(2)15(12-17)4-6-18-19-7-5-16(13-23)22(19,3)11-9-20(18)21/h4,13,17-20H,5-12H2,1-3H3/b16-13-/t17?,18-,19?,20-,21-,22+/m0/s1. The van der Waals surface area contributed by atoms with Crippen molar-refractivity contribution in [1.29, 1.82) is 0 Å². The molecule has 25 heavy (non-hydrogen) atoms. The molecule has 2 unspecified atom stereocenters. The lowest BCUT2D eigenvalue weighted by Crippen LogP contribution is -2.49. The molecule has 0 amide bonds. The highest BCUT2D eigenvalue weighted by Crippen LogP contribution is 2.66. The first kappa shape index (κ1) is 17.6. The summed E-state index contributed by atoms with van der Waals surface area (Å²) in [7, 11) is 0. The summed E-state index contributed by atoms with van der Waals surface area (Å²) < 4.78 is 5.53. The summed E-state index contributed by atoms with van der Waals surface area (Å²) >= 11 is 6.17. The van der Waals surface area contributed by atoms with Gasteiger partial charge in [0.2, 0.25) is 0 Å². The topological polar surface area (TPSA) is 26.3 Å². The van der Waals surface area contributed by atoms with E-state index in [-0.39, 0.29) is 12.1 Å². The molecule has 6 atom stereocenters. The van der Waals surface area contributed by atoms with Crippen molar-refractivity contribution in [3.8, 4) is 0 Å². The van der Waals surface area contributed by atoms with Crippen LogP contribution in [-0.4, -0.2) is 12.1 Å². The molecule has 4 rings (SSSR count). The van der Waals surface area contributed by atoms with Crippen molar-refractivity contribution in [3.63, 3.8) is 0 Å². The van der Waals surface area contributed by atoms with Crippen LogP contribution in [0.25, 0.3) is 0 Å². The number of hydrogen-bond acceptors (Lipinski definition) is 2. The fourth-order valence-electron chi connectivity index (χ4n) is 6.99. The quantitative estimate of drug-likeness (QED) is 0.422. The third-order valence-electron chi connectivity index (χ3n) is 8.37. The Hall–Kier alpha value is -0.760. The number of ether oxygens (including phenoxy) is 1. The number of hydrogen-bond donors (Lipinski definition) is 0. The van der Waals surface area contributed by atoms with Gasteiger partial charge in [0, 0.05) is 18.9 Å². The molecular weight excluding hydrogens is 332 g/mol. The van der Waals surface area contributed by atoms with E-state index in [4.69, 9.17) is 16.3 Å². The van der Waals surface area contributed by atoms with Gasteiger partial charge in [0.1, 0.15) is 6.10 Å². The van der Waals surface area contributed by atoms with Gasteiger partial charge in [-0.25, -0.2) is 0 Å². The first-order valence-corrected chi connectivity index (χ1v) is 10.5. The van der Waals surface area contributed by atoms with Gasteiger partial charge >= 0.3 is 5.97 Å². The van der Waals surface area contributed by atoms with Crippen LogP contribution >= 0.6 is 11.6 Å². The predicted octanol–water partition coefficient (Wildman–Crippen LogP) is 6.00. The molecule has 0 aliphatic heterocycles. The summed E-state index contributed by atoms with van der Waals surface area (Å²) in [6.07, 6.45) is 12.1. The number of carbonyl (C=O) groups excluding carboxylic acids is 1. The summed E-state index contributed by atoms with van der Waals surface area (Å²) in [4.78, 5) is 11.3. The minimum Gasteiger partial charge on any atom is -0.462 e. The largest absolute Gasteiger partial charge is 0.462 e. The highest BCUT2D eigenvalue weighted by molar-refractivity contribution is 6.25. The second-order valence-corrected chi connectivity index (χ2v) is 9.58. The Kier molecular flexibility index (Phi) is 4.34. The van der Waals surface area contributed by atoms with E-state index >= 15 is 0 Å². The third kappa shape index (κ3) is 2.62. The highest BCUT2D eigenvalue weighted by Gasteiger charge is 2.57. The minimum atomic E-state index is -0.136. The maximum Gasteiger partial charge on any atom is 0.302 e. The van der Waals surface area contributed by atoms with Gasteiger partial charge in [-0.15, -0.1) is 0 Å². The molecule has 2 nitrogen and oxygen atoms in total. The van der Waals surface area contributed by atoms with E-state index in [0.717, 1.165) is 30.6 Å². The minimum absolute atomic E-state index is 0.0968. The number of rotatable bonds is 1. The Morgan fingerprint density at radius 3 is 2.64 bits per heavy atom. The first-order chi connectivity index (χ1) is 11.9. The maximum absolute atomic E-state index is 11.3. The fourth-order valence-corrected chi connectivity index (χ4v) is 7.35. The molecule has 3 heteroatoms. The number of carbonyl (C=O) groups is 1. The first-order valence-electron chi connectivity index (χ1n) is 10.0. The van der Waals surface area contributed by atoms with Crippen LogP contribution < -0.4 is 0 Å². The average Bonchev–Trinajstić information content (AvgIpc) is 2.91. The van der Waals surface area contributed by atoms with E-state index in [1.807, 2.05) is 5.54 Å². The van der Waals surface area contributed by atoms with Crippen LogP contribution in [0.4, 0.5) is 0 Å². The van der Waals surface area contributed by atoms with Gasteiger partial charge in [-0.1, -0.05) is 42.7 Å². The molecule has 0 aromatic carbocycles. The van der Waals surface area contributed by atoms with Gasteiger partial charge in [0.15, 0.2) is 0 Å². The Labute approximate surface area is 157 Å². The van der Waals surface area contributed by atoms with Gasteiger partial charge in [-0.3, -0.25) is 4.79 Å². The average molecular weight is 363 g/mol. The predicted molar refractivity (Wildman–Crippen MR) is 101 cm³/mol. The summed E-state index contributed by atoms with van der Waals surface area (Å²) in [6, 6.07) is 0. The van der Waals surface area contributed by atoms with Crippen LogP contribution in [0.3, 0.4) is 0 Å². The van der Waals surface area contributed by atoms with Crippen LogP contribution in [0.1, 0.15) is 72.1 Å². The molecule has 0 spiro atoms. The van der Waals surface area contributed by atoms with Crippen LogP contribution in [0, 0.1) is 28.6 Å². The van der Waals surface area contributed by atoms with E-state index < -0.39 is 0 Å². The second-order valence-electron chi connectivity index (χ2n) is 9.36. The molecule has 4 aliphatic rings. The molecular formula is C22H31ClO2. The van der Waals surface area contributed by atoms with Gasteiger partial charge in [-0.2, -0.15) is 0 Å². The van der Waals surface area contributed by atoms with Gasteiger partial charge in [0.05, 0.1) is 0 Å². The van der Waals surface area contributed by atoms with E-state index in [1.165, 1.54) is 51.0 Å².